The van der Waals surface area contributed by atoms with Crippen LogP contribution in [0.5, 0.6) is 0 Å². The molecule has 0 amide bonds. The van der Waals surface area contributed by atoms with Crippen LogP contribution in [0.25, 0.3) is 0 Å². The van der Waals surface area contributed by atoms with Gasteiger partial charge in [0.2, 0.25) is 0 Å². The number of aliphatic hydroxyl groups excluding tert-OH is 1. The summed E-state index contributed by atoms with van der Waals surface area (Å²) in [5.74, 6) is 0.851. The Morgan fingerprint density at radius 1 is 1.17 bits per heavy atom. The lowest BCUT2D eigenvalue weighted by Crippen LogP contribution is -2.44. The van der Waals surface area contributed by atoms with E-state index in [1.165, 1.54) is 31.2 Å². The standard InChI is InChI=1S/C19H30N2O2/c22-18(15-21-9-11-23-12-10-21)14-20-19(13-16-5-4-6-16)17-7-2-1-3-8-17/h1-3,7-8,16,18-20,22H,4-6,9-15H2. The molecule has 2 aliphatic rings. The second kappa shape index (κ2) is 8.78. The van der Waals surface area contributed by atoms with Crippen LogP contribution < -0.4 is 5.32 Å². The lowest BCUT2D eigenvalue weighted by Gasteiger charge is -2.32. The monoisotopic (exact) mass is 318 g/mol. The van der Waals surface area contributed by atoms with Gasteiger partial charge < -0.3 is 15.2 Å². The molecule has 3 rings (SSSR count). The zero-order valence-corrected chi connectivity index (χ0v) is 14.0. The quantitative estimate of drug-likeness (QED) is 0.771. The molecule has 0 spiro atoms. The Hall–Kier alpha value is -0.940. The summed E-state index contributed by atoms with van der Waals surface area (Å²) in [6.07, 6.45) is 4.98. The van der Waals surface area contributed by atoms with E-state index in [4.69, 9.17) is 4.74 Å². The molecule has 1 heterocycles. The predicted molar refractivity (Wildman–Crippen MR) is 92.4 cm³/mol. The Balaban J connectivity index is 1.48. The average molecular weight is 318 g/mol. The zero-order chi connectivity index (χ0) is 15.9. The molecule has 128 valence electrons. The third-order valence-corrected chi connectivity index (χ3v) is 5.17. The van der Waals surface area contributed by atoms with Crippen LogP contribution in [0.15, 0.2) is 30.3 Å². The molecule has 1 aromatic rings. The minimum absolute atomic E-state index is 0.319. The Morgan fingerprint density at radius 2 is 1.91 bits per heavy atom. The van der Waals surface area contributed by atoms with Crippen molar-refractivity contribution in [3.63, 3.8) is 0 Å². The molecule has 1 saturated carbocycles. The van der Waals surface area contributed by atoms with Crippen molar-refractivity contribution in [1.82, 2.24) is 10.2 Å². The molecule has 2 N–H and O–H groups in total. The summed E-state index contributed by atoms with van der Waals surface area (Å²) in [5.41, 5.74) is 1.35. The van der Waals surface area contributed by atoms with Gasteiger partial charge >= 0.3 is 0 Å². The number of rotatable bonds is 8. The molecule has 1 aromatic carbocycles. The molecule has 23 heavy (non-hydrogen) atoms. The summed E-state index contributed by atoms with van der Waals surface area (Å²) in [5, 5.41) is 14.0. The van der Waals surface area contributed by atoms with Crippen molar-refractivity contribution >= 4 is 0 Å². The van der Waals surface area contributed by atoms with Gasteiger partial charge in [0.15, 0.2) is 0 Å². The minimum atomic E-state index is -0.319. The van der Waals surface area contributed by atoms with E-state index in [1.54, 1.807) is 0 Å². The molecule has 1 saturated heterocycles. The smallest absolute Gasteiger partial charge is 0.0791 e. The van der Waals surface area contributed by atoms with Crippen molar-refractivity contribution < 1.29 is 9.84 Å². The number of aliphatic hydroxyl groups is 1. The van der Waals surface area contributed by atoms with Crippen molar-refractivity contribution in [2.24, 2.45) is 5.92 Å². The van der Waals surface area contributed by atoms with Crippen molar-refractivity contribution in [3.8, 4) is 0 Å². The number of benzene rings is 1. The first kappa shape index (κ1) is 16.9. The maximum atomic E-state index is 10.4. The Kier molecular flexibility index (Phi) is 6.46. The molecule has 0 radical (unpaired) electrons. The number of hydrogen-bond donors (Lipinski definition) is 2. The van der Waals surface area contributed by atoms with Crippen LogP contribution in [0.4, 0.5) is 0 Å². The summed E-state index contributed by atoms with van der Waals surface area (Å²) in [6, 6.07) is 11.0. The molecular formula is C19H30N2O2. The van der Waals surface area contributed by atoms with Crippen molar-refractivity contribution in [2.75, 3.05) is 39.4 Å². The van der Waals surface area contributed by atoms with E-state index in [-0.39, 0.29) is 6.10 Å². The number of β-amino-alcohol motifs (C(OH)–C–C–N with tert-alkyl or cyclic N) is 1. The lowest BCUT2D eigenvalue weighted by molar-refractivity contribution is 0.0142. The fraction of sp³-hybridized carbons (Fsp3) is 0.684. The maximum Gasteiger partial charge on any atom is 0.0791 e. The second-order valence-electron chi connectivity index (χ2n) is 6.97. The molecule has 1 aliphatic heterocycles. The molecule has 2 unspecified atom stereocenters. The van der Waals surface area contributed by atoms with Gasteiger partial charge in [-0.05, 0) is 17.9 Å². The van der Waals surface area contributed by atoms with Crippen LogP contribution >= 0.6 is 0 Å². The van der Waals surface area contributed by atoms with E-state index in [1.807, 2.05) is 0 Å². The first-order chi connectivity index (χ1) is 11.3. The van der Waals surface area contributed by atoms with Crippen LogP contribution in [0.2, 0.25) is 0 Å². The minimum Gasteiger partial charge on any atom is -0.390 e. The number of ether oxygens (including phenoxy) is 1. The van der Waals surface area contributed by atoms with Gasteiger partial charge in [0.25, 0.3) is 0 Å². The van der Waals surface area contributed by atoms with Crippen molar-refractivity contribution in [3.05, 3.63) is 35.9 Å². The third kappa shape index (κ3) is 5.28. The Bertz CT molecular complexity index is 444. The van der Waals surface area contributed by atoms with Gasteiger partial charge in [-0.3, -0.25) is 4.90 Å². The Morgan fingerprint density at radius 3 is 2.57 bits per heavy atom. The summed E-state index contributed by atoms with van der Waals surface area (Å²) in [4.78, 5) is 2.29. The van der Waals surface area contributed by atoms with Gasteiger partial charge in [0, 0.05) is 32.2 Å². The van der Waals surface area contributed by atoms with Crippen LogP contribution in [0, 0.1) is 5.92 Å². The fourth-order valence-electron chi connectivity index (χ4n) is 3.51. The summed E-state index contributed by atoms with van der Waals surface area (Å²) < 4.78 is 5.36. The highest BCUT2D eigenvalue weighted by atomic mass is 16.5. The summed E-state index contributed by atoms with van der Waals surface area (Å²) in [6.45, 7) is 4.83. The number of nitrogens with zero attached hydrogens (tertiary/aromatic N) is 1. The number of morpholine rings is 1. The highest BCUT2D eigenvalue weighted by Gasteiger charge is 2.23. The van der Waals surface area contributed by atoms with Gasteiger partial charge in [-0.15, -0.1) is 0 Å². The highest BCUT2D eigenvalue weighted by molar-refractivity contribution is 5.19. The molecular weight excluding hydrogens is 288 g/mol. The molecule has 0 bridgehead atoms. The number of nitrogens with one attached hydrogen (secondary N) is 1. The van der Waals surface area contributed by atoms with Gasteiger partial charge in [-0.25, -0.2) is 0 Å². The highest BCUT2D eigenvalue weighted by Crippen LogP contribution is 2.34. The number of hydrogen-bond acceptors (Lipinski definition) is 4. The molecule has 4 nitrogen and oxygen atoms in total. The molecule has 2 atom stereocenters. The summed E-state index contributed by atoms with van der Waals surface area (Å²) >= 11 is 0. The van der Waals surface area contributed by atoms with Crippen molar-refractivity contribution in [2.45, 2.75) is 37.8 Å². The molecule has 1 aliphatic carbocycles. The first-order valence-electron chi connectivity index (χ1n) is 9.08. The second-order valence-corrected chi connectivity index (χ2v) is 6.97. The summed E-state index contributed by atoms with van der Waals surface area (Å²) in [7, 11) is 0. The van der Waals surface area contributed by atoms with Crippen LogP contribution in [-0.2, 0) is 4.74 Å². The van der Waals surface area contributed by atoms with Crippen LogP contribution in [-0.4, -0.2) is 55.5 Å². The normalized spacial score (nSPS) is 22.5. The lowest BCUT2D eigenvalue weighted by atomic mass is 9.79. The van der Waals surface area contributed by atoms with E-state index >= 15 is 0 Å². The molecule has 0 aromatic heterocycles. The van der Waals surface area contributed by atoms with Crippen LogP contribution in [0.3, 0.4) is 0 Å². The Labute approximate surface area is 139 Å². The molecule has 2 fully saturated rings. The average Bonchev–Trinajstić information content (AvgIpc) is 2.55. The molecule has 4 heteroatoms. The topological polar surface area (TPSA) is 44.7 Å². The third-order valence-electron chi connectivity index (χ3n) is 5.17. The first-order valence-corrected chi connectivity index (χ1v) is 9.08. The van der Waals surface area contributed by atoms with E-state index in [0.717, 1.165) is 38.8 Å². The van der Waals surface area contributed by atoms with Gasteiger partial charge in [-0.2, -0.15) is 0 Å². The van der Waals surface area contributed by atoms with Crippen LogP contribution in [0.1, 0.15) is 37.3 Å². The SMILES string of the molecule is OC(CNC(CC1CCC1)c1ccccc1)CN1CCOCC1. The fourth-order valence-corrected chi connectivity index (χ4v) is 3.51. The van der Waals surface area contributed by atoms with Gasteiger partial charge in [-0.1, -0.05) is 49.6 Å². The largest absolute Gasteiger partial charge is 0.390 e. The van der Waals surface area contributed by atoms with Gasteiger partial charge in [0.1, 0.15) is 0 Å². The van der Waals surface area contributed by atoms with E-state index in [9.17, 15) is 5.11 Å². The zero-order valence-electron chi connectivity index (χ0n) is 14.0. The van der Waals surface area contributed by atoms with E-state index in [0.29, 0.717) is 12.6 Å². The van der Waals surface area contributed by atoms with Crippen molar-refractivity contribution in [1.29, 1.82) is 0 Å². The van der Waals surface area contributed by atoms with Gasteiger partial charge in [0.05, 0.1) is 19.3 Å². The maximum absolute atomic E-state index is 10.4. The van der Waals surface area contributed by atoms with E-state index < -0.39 is 0 Å². The predicted octanol–water partition coefficient (Wildman–Crippen LogP) is 2.20. The van der Waals surface area contributed by atoms with E-state index in [2.05, 4.69) is 40.5 Å².